The Bertz CT molecular complexity index is 873. The first kappa shape index (κ1) is 21.9. The van der Waals surface area contributed by atoms with Crippen LogP contribution in [0, 0.1) is 19.7 Å². The standard InChI is InChI=1S/C21H23BrClFN2S2/c1-4-5-17-11-26(21(27)25-16-8-14(23)7-15(24)9-16)20(28-17)18-10-19(22)13(3)6-12(18)2/h6-10,17,20H,4-5,11H2,1-3H3,(H,25,27). The minimum Gasteiger partial charge on any atom is -0.332 e. The lowest BCUT2D eigenvalue weighted by molar-refractivity contribution is 0.430. The number of thiocarbonyl (C=S) groups is 1. The van der Waals surface area contributed by atoms with Crippen LogP contribution in [-0.2, 0) is 0 Å². The normalized spacial score (nSPS) is 19.1. The van der Waals surface area contributed by atoms with Crippen molar-refractivity contribution in [3.05, 3.63) is 62.3 Å². The van der Waals surface area contributed by atoms with E-state index in [1.807, 2.05) is 11.8 Å². The molecule has 150 valence electrons. The summed E-state index contributed by atoms with van der Waals surface area (Å²) >= 11 is 17.3. The molecule has 3 rings (SSSR count). The second-order valence-electron chi connectivity index (χ2n) is 7.10. The second kappa shape index (κ2) is 9.33. The van der Waals surface area contributed by atoms with E-state index in [4.69, 9.17) is 23.8 Å². The van der Waals surface area contributed by atoms with E-state index in [0.717, 1.165) is 23.9 Å². The lowest BCUT2D eigenvalue weighted by Crippen LogP contribution is -2.35. The van der Waals surface area contributed by atoms with E-state index >= 15 is 0 Å². The van der Waals surface area contributed by atoms with Gasteiger partial charge in [0.2, 0.25) is 0 Å². The molecule has 1 N–H and O–H groups in total. The zero-order valence-electron chi connectivity index (χ0n) is 16.1. The number of aryl methyl sites for hydroxylation is 2. The third kappa shape index (κ3) is 5.02. The maximum absolute atomic E-state index is 13.7. The van der Waals surface area contributed by atoms with Crippen LogP contribution in [0.4, 0.5) is 10.1 Å². The van der Waals surface area contributed by atoms with E-state index in [1.54, 1.807) is 6.07 Å². The summed E-state index contributed by atoms with van der Waals surface area (Å²) in [5, 5.41) is 4.75. The summed E-state index contributed by atoms with van der Waals surface area (Å²) in [6.45, 7) is 7.31. The summed E-state index contributed by atoms with van der Waals surface area (Å²) in [5.41, 5.74) is 4.29. The Morgan fingerprint density at radius 3 is 2.71 bits per heavy atom. The van der Waals surface area contributed by atoms with Gasteiger partial charge in [0, 0.05) is 27.0 Å². The average molecular weight is 502 g/mol. The van der Waals surface area contributed by atoms with Crippen LogP contribution in [0.15, 0.2) is 34.8 Å². The maximum Gasteiger partial charge on any atom is 0.174 e. The predicted octanol–water partition coefficient (Wildman–Crippen LogP) is 7.47. The molecule has 1 aliphatic rings. The van der Waals surface area contributed by atoms with Gasteiger partial charge in [-0.2, -0.15) is 0 Å². The van der Waals surface area contributed by atoms with Crippen LogP contribution in [0.1, 0.15) is 41.8 Å². The minimum absolute atomic E-state index is 0.123. The fraction of sp³-hybridized carbons (Fsp3) is 0.381. The molecule has 0 aliphatic carbocycles. The van der Waals surface area contributed by atoms with Gasteiger partial charge in [-0.15, -0.1) is 11.8 Å². The molecule has 0 spiro atoms. The molecule has 2 atom stereocenters. The number of hydrogen-bond donors (Lipinski definition) is 1. The lowest BCUT2D eigenvalue weighted by atomic mass is 10.0. The van der Waals surface area contributed by atoms with E-state index < -0.39 is 0 Å². The van der Waals surface area contributed by atoms with Gasteiger partial charge in [-0.3, -0.25) is 0 Å². The third-order valence-corrected chi connectivity index (χ3v) is 7.75. The van der Waals surface area contributed by atoms with Gasteiger partial charge in [-0.1, -0.05) is 46.9 Å². The number of nitrogens with zero attached hydrogens (tertiary/aromatic N) is 1. The molecule has 0 aromatic heterocycles. The molecule has 2 aromatic rings. The van der Waals surface area contributed by atoms with Crippen molar-refractivity contribution in [3.8, 4) is 0 Å². The van der Waals surface area contributed by atoms with Gasteiger partial charge in [0.1, 0.15) is 11.2 Å². The molecule has 1 aliphatic heterocycles. The molecule has 2 nitrogen and oxygen atoms in total. The summed E-state index contributed by atoms with van der Waals surface area (Å²) in [6, 6.07) is 8.79. The number of halogens is 3. The monoisotopic (exact) mass is 500 g/mol. The van der Waals surface area contributed by atoms with Crippen molar-refractivity contribution in [2.45, 2.75) is 44.2 Å². The van der Waals surface area contributed by atoms with Gasteiger partial charge in [0.15, 0.2) is 5.11 Å². The van der Waals surface area contributed by atoms with E-state index in [1.165, 1.54) is 28.8 Å². The Hall–Kier alpha value is -0.820. The highest BCUT2D eigenvalue weighted by Crippen LogP contribution is 2.46. The number of nitrogens with one attached hydrogen (secondary N) is 1. The molecule has 1 saturated heterocycles. The Labute approximate surface area is 189 Å². The highest BCUT2D eigenvalue weighted by molar-refractivity contribution is 9.10. The predicted molar refractivity (Wildman–Crippen MR) is 127 cm³/mol. The van der Waals surface area contributed by atoms with Gasteiger partial charge >= 0.3 is 0 Å². The van der Waals surface area contributed by atoms with E-state index in [-0.39, 0.29) is 11.2 Å². The van der Waals surface area contributed by atoms with Crippen molar-refractivity contribution in [3.63, 3.8) is 0 Å². The van der Waals surface area contributed by atoms with E-state index in [2.05, 4.69) is 59.1 Å². The molecule has 1 heterocycles. The van der Waals surface area contributed by atoms with Crippen LogP contribution in [-0.4, -0.2) is 21.8 Å². The largest absolute Gasteiger partial charge is 0.332 e. The van der Waals surface area contributed by atoms with Gasteiger partial charge in [0.05, 0.1) is 0 Å². The van der Waals surface area contributed by atoms with E-state index in [9.17, 15) is 4.39 Å². The molecule has 28 heavy (non-hydrogen) atoms. The molecule has 7 heteroatoms. The van der Waals surface area contributed by atoms with Crippen molar-refractivity contribution in [1.29, 1.82) is 0 Å². The first-order chi connectivity index (χ1) is 13.3. The van der Waals surface area contributed by atoms with Crippen LogP contribution in [0.3, 0.4) is 0 Å². The van der Waals surface area contributed by atoms with Crippen LogP contribution >= 0.6 is 51.5 Å². The number of anilines is 1. The summed E-state index contributed by atoms with van der Waals surface area (Å²) in [6.07, 6.45) is 2.27. The van der Waals surface area contributed by atoms with Crippen molar-refractivity contribution >= 4 is 62.3 Å². The SMILES string of the molecule is CCCC1CN(C(=S)Nc2cc(F)cc(Cl)c2)C(c2cc(Br)c(C)cc2C)S1. The quantitative estimate of drug-likeness (QED) is 0.437. The van der Waals surface area contributed by atoms with Gasteiger partial charge in [0.25, 0.3) is 0 Å². The highest BCUT2D eigenvalue weighted by Gasteiger charge is 2.36. The summed E-state index contributed by atoms with van der Waals surface area (Å²) < 4.78 is 14.8. The fourth-order valence-corrected chi connectivity index (χ4v) is 6.12. The first-order valence-corrected chi connectivity index (χ1v) is 11.8. The minimum atomic E-state index is -0.382. The number of benzene rings is 2. The highest BCUT2D eigenvalue weighted by atomic mass is 79.9. The van der Waals surface area contributed by atoms with Crippen molar-refractivity contribution < 1.29 is 4.39 Å². The van der Waals surface area contributed by atoms with Gasteiger partial charge in [-0.25, -0.2) is 4.39 Å². The van der Waals surface area contributed by atoms with Gasteiger partial charge in [-0.05, 0) is 73.4 Å². The van der Waals surface area contributed by atoms with Gasteiger partial charge < -0.3 is 10.2 Å². The molecule has 1 fully saturated rings. The van der Waals surface area contributed by atoms with Crippen LogP contribution in [0.2, 0.25) is 5.02 Å². The molecule has 2 unspecified atom stereocenters. The molecular weight excluding hydrogens is 479 g/mol. The lowest BCUT2D eigenvalue weighted by Gasteiger charge is -2.28. The van der Waals surface area contributed by atoms with Crippen molar-refractivity contribution in [2.24, 2.45) is 0 Å². The number of thioether (sulfide) groups is 1. The zero-order chi connectivity index (χ0) is 20.4. The summed E-state index contributed by atoms with van der Waals surface area (Å²) in [4.78, 5) is 2.21. The third-order valence-electron chi connectivity index (χ3n) is 4.80. The molecule has 0 bridgehead atoms. The topological polar surface area (TPSA) is 15.3 Å². The van der Waals surface area contributed by atoms with Crippen LogP contribution in [0.25, 0.3) is 0 Å². The molecule has 0 amide bonds. The van der Waals surface area contributed by atoms with E-state index in [0.29, 0.717) is 21.1 Å². The summed E-state index contributed by atoms with van der Waals surface area (Å²) in [5.74, 6) is -0.382. The Morgan fingerprint density at radius 1 is 1.29 bits per heavy atom. The second-order valence-corrected chi connectivity index (χ2v) is 10.2. The summed E-state index contributed by atoms with van der Waals surface area (Å²) in [7, 11) is 0. The molecule has 0 saturated carbocycles. The zero-order valence-corrected chi connectivity index (χ0v) is 20.0. The van der Waals surface area contributed by atoms with Crippen molar-refractivity contribution in [1.82, 2.24) is 4.90 Å². The molecule has 0 radical (unpaired) electrons. The Kier molecular flexibility index (Phi) is 7.29. The maximum atomic E-state index is 13.7. The Morgan fingerprint density at radius 2 is 2.04 bits per heavy atom. The van der Waals surface area contributed by atoms with Crippen LogP contribution < -0.4 is 5.32 Å². The first-order valence-electron chi connectivity index (χ1n) is 9.24. The molecule has 2 aromatic carbocycles. The smallest absolute Gasteiger partial charge is 0.174 e. The Balaban J connectivity index is 1.89. The van der Waals surface area contributed by atoms with Crippen molar-refractivity contribution in [2.75, 3.05) is 11.9 Å². The fourth-order valence-electron chi connectivity index (χ4n) is 3.45. The van der Waals surface area contributed by atoms with Crippen LogP contribution in [0.5, 0.6) is 0 Å². The average Bonchev–Trinajstić information content (AvgIpc) is 3.01. The number of hydrogen-bond acceptors (Lipinski definition) is 2. The molecular formula is C21H23BrClFN2S2. The number of rotatable bonds is 4.